The van der Waals surface area contributed by atoms with Crippen molar-refractivity contribution < 1.29 is 4.42 Å². The highest BCUT2D eigenvalue weighted by Gasteiger charge is 2.15. The minimum Gasteiger partial charge on any atom is -0.467 e. The minimum atomic E-state index is 0.440. The third kappa shape index (κ3) is 4.17. The molecule has 4 aromatic heterocycles. The van der Waals surface area contributed by atoms with Gasteiger partial charge in [0.15, 0.2) is 22.1 Å². The van der Waals surface area contributed by atoms with Gasteiger partial charge in [0.2, 0.25) is 0 Å². The summed E-state index contributed by atoms with van der Waals surface area (Å²) >= 11 is 1.58. The van der Waals surface area contributed by atoms with Crippen molar-refractivity contribution in [1.82, 2.24) is 29.9 Å². The van der Waals surface area contributed by atoms with Crippen LogP contribution in [0.5, 0.6) is 0 Å². The quantitative estimate of drug-likeness (QED) is 0.210. The fraction of sp³-hybridized carbons (Fsp3) is 0.222. The normalized spacial score (nSPS) is 11.5. The topological polar surface area (TPSA) is 107 Å². The van der Waals surface area contributed by atoms with Gasteiger partial charge in [0.25, 0.3) is 0 Å². The van der Waals surface area contributed by atoms with E-state index in [4.69, 9.17) is 4.42 Å². The average molecular weight is 394 g/mol. The lowest BCUT2D eigenvalue weighted by Crippen LogP contribution is -2.04. The smallest absolute Gasteiger partial charge is 0.191 e. The Morgan fingerprint density at radius 2 is 2.21 bits per heavy atom. The van der Waals surface area contributed by atoms with Crippen molar-refractivity contribution >= 4 is 35.0 Å². The molecule has 0 aromatic carbocycles. The Bertz CT molecular complexity index is 1060. The van der Waals surface area contributed by atoms with Gasteiger partial charge in [0.1, 0.15) is 12.3 Å². The number of fused-ring (bicyclic) bond motifs is 1. The number of anilines is 1. The van der Waals surface area contributed by atoms with Gasteiger partial charge in [-0.2, -0.15) is 5.10 Å². The lowest BCUT2D eigenvalue weighted by atomic mass is 10.4. The molecule has 0 radical (unpaired) electrons. The maximum absolute atomic E-state index is 5.41. The Kier molecular flexibility index (Phi) is 5.57. The van der Waals surface area contributed by atoms with Crippen LogP contribution in [0, 0.1) is 0 Å². The van der Waals surface area contributed by atoms with E-state index in [1.54, 1.807) is 35.1 Å². The van der Waals surface area contributed by atoms with Gasteiger partial charge in [0.05, 0.1) is 18.2 Å². The molecule has 0 atom stereocenters. The van der Waals surface area contributed by atoms with Gasteiger partial charge in [-0.15, -0.1) is 5.10 Å². The van der Waals surface area contributed by atoms with E-state index in [-0.39, 0.29) is 0 Å². The van der Waals surface area contributed by atoms with Crippen molar-refractivity contribution in [2.45, 2.75) is 25.0 Å². The summed E-state index contributed by atoms with van der Waals surface area (Å²) in [5.74, 6) is 2.19. The van der Waals surface area contributed by atoms with Crippen LogP contribution in [0.2, 0.25) is 0 Å². The molecule has 0 aliphatic heterocycles. The highest BCUT2D eigenvalue weighted by molar-refractivity contribution is 7.99. The molecule has 4 rings (SSSR count). The van der Waals surface area contributed by atoms with Crippen molar-refractivity contribution in [3.63, 3.8) is 0 Å². The Morgan fingerprint density at radius 1 is 1.25 bits per heavy atom. The van der Waals surface area contributed by atoms with Crippen LogP contribution in [0.25, 0.3) is 11.2 Å². The van der Waals surface area contributed by atoms with Gasteiger partial charge in [0, 0.05) is 11.9 Å². The molecule has 0 saturated heterocycles. The molecule has 1 N–H and O–H groups in total. The molecular formula is C18H18N8OS. The first kappa shape index (κ1) is 18.1. The summed E-state index contributed by atoms with van der Waals surface area (Å²) in [6, 6.07) is 9.34. The molecule has 10 heteroatoms. The summed E-state index contributed by atoms with van der Waals surface area (Å²) in [5.41, 5.74) is 4.86. The zero-order valence-corrected chi connectivity index (χ0v) is 16.0. The van der Waals surface area contributed by atoms with Crippen LogP contribution in [0.1, 0.15) is 24.8 Å². The Morgan fingerprint density at radius 3 is 3.00 bits per heavy atom. The minimum absolute atomic E-state index is 0.440. The summed E-state index contributed by atoms with van der Waals surface area (Å²) in [5, 5.41) is 13.3. The lowest BCUT2D eigenvalue weighted by Gasteiger charge is -2.05. The van der Waals surface area contributed by atoms with Crippen LogP contribution in [0.3, 0.4) is 0 Å². The molecule has 0 fully saturated rings. The highest BCUT2D eigenvalue weighted by atomic mass is 32.2. The average Bonchev–Trinajstić information content (AvgIpc) is 3.38. The van der Waals surface area contributed by atoms with E-state index in [0.717, 1.165) is 23.6 Å². The molecule has 9 nitrogen and oxygen atoms in total. The number of thioether (sulfide) groups is 1. The monoisotopic (exact) mass is 394 g/mol. The second-order valence-electron chi connectivity index (χ2n) is 5.83. The van der Waals surface area contributed by atoms with Gasteiger partial charge in [-0.05, 0) is 30.7 Å². The van der Waals surface area contributed by atoms with E-state index in [2.05, 4.69) is 42.7 Å². The first-order chi connectivity index (χ1) is 13.8. The number of furan rings is 1. The Balaban J connectivity index is 1.65. The van der Waals surface area contributed by atoms with Crippen molar-refractivity contribution in [3.8, 4) is 0 Å². The zero-order chi connectivity index (χ0) is 19.2. The summed E-state index contributed by atoms with van der Waals surface area (Å²) < 4.78 is 7.11. The maximum Gasteiger partial charge on any atom is 0.191 e. The fourth-order valence-electron chi connectivity index (χ4n) is 2.44. The fourth-order valence-corrected chi connectivity index (χ4v) is 3.13. The number of rotatable bonds is 8. The van der Waals surface area contributed by atoms with Crippen LogP contribution in [0.15, 0.2) is 57.5 Å². The number of pyridine rings is 1. The largest absolute Gasteiger partial charge is 0.467 e. The second-order valence-corrected chi connectivity index (χ2v) is 6.89. The predicted molar refractivity (Wildman–Crippen MR) is 107 cm³/mol. The maximum atomic E-state index is 5.41. The summed E-state index contributed by atoms with van der Waals surface area (Å²) in [6.45, 7) is 2.56. The van der Waals surface area contributed by atoms with Crippen molar-refractivity contribution in [1.29, 1.82) is 0 Å². The molecule has 4 heterocycles. The third-order valence-electron chi connectivity index (χ3n) is 3.72. The van der Waals surface area contributed by atoms with Gasteiger partial charge >= 0.3 is 0 Å². The van der Waals surface area contributed by atoms with E-state index in [1.165, 1.54) is 0 Å². The van der Waals surface area contributed by atoms with Gasteiger partial charge in [-0.1, -0.05) is 30.0 Å². The van der Waals surface area contributed by atoms with Crippen LogP contribution < -0.4 is 5.43 Å². The summed E-state index contributed by atoms with van der Waals surface area (Å²) in [7, 11) is 0. The number of hydrogen-bond donors (Lipinski definition) is 1. The van der Waals surface area contributed by atoms with E-state index in [1.807, 2.05) is 30.3 Å². The van der Waals surface area contributed by atoms with E-state index in [9.17, 15) is 0 Å². The van der Waals surface area contributed by atoms with Gasteiger partial charge in [-0.25, -0.2) is 14.6 Å². The molecule has 0 bridgehead atoms. The standard InChI is InChI=1S/C18H18N8OS/c1-2-10-28-18-21-16(24-20-11-13-6-3-4-8-19-13)15-17(22-18)26(25-23-15)12-14-7-5-9-27-14/h3-9,11H,2,10,12H2,1H3,(H,21,22,24)/b20-11+. The SMILES string of the molecule is CCCSc1nc(N/N=C/c2ccccn2)c2nnn(Cc3ccco3)c2n1. The van der Waals surface area contributed by atoms with Gasteiger partial charge in [-0.3, -0.25) is 10.4 Å². The molecule has 0 saturated carbocycles. The van der Waals surface area contributed by atoms with E-state index in [0.29, 0.717) is 28.7 Å². The van der Waals surface area contributed by atoms with Crippen molar-refractivity contribution in [3.05, 3.63) is 54.2 Å². The lowest BCUT2D eigenvalue weighted by molar-refractivity contribution is 0.478. The summed E-state index contributed by atoms with van der Waals surface area (Å²) in [4.78, 5) is 13.4. The zero-order valence-electron chi connectivity index (χ0n) is 15.2. The van der Waals surface area contributed by atoms with Crippen LogP contribution in [0.4, 0.5) is 5.82 Å². The highest BCUT2D eigenvalue weighted by Crippen LogP contribution is 2.23. The van der Waals surface area contributed by atoms with Crippen LogP contribution >= 0.6 is 11.8 Å². The molecule has 0 unspecified atom stereocenters. The number of nitrogens with zero attached hydrogens (tertiary/aromatic N) is 7. The molecule has 0 amide bonds. The Hall–Kier alpha value is -3.27. The van der Waals surface area contributed by atoms with Crippen molar-refractivity contribution in [2.75, 3.05) is 11.2 Å². The molecule has 28 heavy (non-hydrogen) atoms. The number of aromatic nitrogens is 6. The van der Waals surface area contributed by atoms with Crippen molar-refractivity contribution in [2.24, 2.45) is 5.10 Å². The molecule has 142 valence electrons. The first-order valence-corrected chi connectivity index (χ1v) is 9.78. The molecule has 4 aromatic rings. The van der Waals surface area contributed by atoms with Gasteiger partial charge < -0.3 is 4.42 Å². The first-order valence-electron chi connectivity index (χ1n) is 8.80. The second kappa shape index (κ2) is 8.61. The summed E-state index contributed by atoms with van der Waals surface area (Å²) in [6.07, 6.45) is 5.99. The number of hydrazone groups is 1. The molecular weight excluding hydrogens is 376 g/mol. The van der Waals surface area contributed by atoms with E-state index >= 15 is 0 Å². The third-order valence-corrected chi connectivity index (χ3v) is 4.77. The number of hydrogen-bond acceptors (Lipinski definition) is 9. The molecule has 0 spiro atoms. The van der Waals surface area contributed by atoms with Crippen LogP contribution in [-0.2, 0) is 6.54 Å². The Labute approximate surface area is 165 Å². The molecule has 0 aliphatic carbocycles. The molecule has 0 aliphatic rings. The number of nitrogens with one attached hydrogen (secondary N) is 1. The van der Waals surface area contributed by atoms with Crippen LogP contribution in [-0.4, -0.2) is 41.9 Å². The predicted octanol–water partition coefficient (Wildman–Crippen LogP) is 3.21. The van der Waals surface area contributed by atoms with E-state index < -0.39 is 0 Å².